The van der Waals surface area contributed by atoms with Crippen LogP contribution in [-0.2, 0) is 11.3 Å². The van der Waals surface area contributed by atoms with E-state index in [-0.39, 0.29) is 13.2 Å². The van der Waals surface area contributed by atoms with Crippen LogP contribution in [0.4, 0.5) is 8.78 Å². The van der Waals surface area contributed by atoms with E-state index in [0.717, 1.165) is 0 Å². The van der Waals surface area contributed by atoms with Crippen LogP contribution < -0.4 is 0 Å². The summed E-state index contributed by atoms with van der Waals surface area (Å²) in [4.78, 5) is 1.86. The van der Waals surface area contributed by atoms with Crippen molar-refractivity contribution < 1.29 is 13.5 Å². The Hall–Kier alpha value is -1.51. The van der Waals surface area contributed by atoms with Gasteiger partial charge in [0.15, 0.2) is 0 Å². The smallest absolute Gasteiger partial charge is 0.148 e. The molecule has 0 bridgehead atoms. The topological polar surface area (TPSA) is 36.3 Å². The highest BCUT2D eigenvalue weighted by Gasteiger charge is 2.38. The highest BCUT2D eigenvalue weighted by molar-refractivity contribution is 5.32. The van der Waals surface area contributed by atoms with Crippen molar-refractivity contribution in [3.63, 3.8) is 0 Å². The molecule has 2 rings (SSSR count). The molecule has 0 amide bonds. The van der Waals surface area contributed by atoms with E-state index in [4.69, 9.17) is 10.00 Å². The van der Waals surface area contributed by atoms with Gasteiger partial charge in [-0.2, -0.15) is 5.26 Å². The first-order valence-electron chi connectivity index (χ1n) is 6.15. The zero-order chi connectivity index (χ0) is 13.9. The molecule has 0 saturated carbocycles. The second-order valence-electron chi connectivity index (χ2n) is 4.96. The van der Waals surface area contributed by atoms with Gasteiger partial charge in [-0.05, 0) is 18.6 Å². The summed E-state index contributed by atoms with van der Waals surface area (Å²) in [6.07, 6.45) is 0.402. The van der Waals surface area contributed by atoms with Gasteiger partial charge in [-0.15, -0.1) is 0 Å². The maximum absolute atomic E-state index is 14.2. The Bertz CT molecular complexity index is 501. The van der Waals surface area contributed by atoms with Crippen LogP contribution in [0.1, 0.15) is 17.5 Å². The first-order chi connectivity index (χ1) is 9.06. The number of methoxy groups -OCH3 is 1. The second kappa shape index (κ2) is 5.64. The molecule has 1 aromatic carbocycles. The van der Waals surface area contributed by atoms with Gasteiger partial charge in [0.05, 0.1) is 18.2 Å². The Labute approximate surface area is 111 Å². The van der Waals surface area contributed by atoms with Crippen LogP contribution >= 0.6 is 0 Å². The van der Waals surface area contributed by atoms with Crippen LogP contribution in [0, 0.1) is 17.1 Å². The minimum Gasteiger partial charge on any atom is -0.381 e. The Morgan fingerprint density at radius 1 is 1.53 bits per heavy atom. The number of hydrogen-bond acceptors (Lipinski definition) is 3. The van der Waals surface area contributed by atoms with Crippen molar-refractivity contribution in [1.29, 1.82) is 5.26 Å². The van der Waals surface area contributed by atoms with Gasteiger partial charge >= 0.3 is 0 Å². The molecule has 1 heterocycles. The van der Waals surface area contributed by atoms with Gasteiger partial charge in [-0.3, -0.25) is 4.90 Å². The van der Waals surface area contributed by atoms with Gasteiger partial charge in [0, 0.05) is 32.3 Å². The zero-order valence-electron chi connectivity index (χ0n) is 10.8. The predicted molar refractivity (Wildman–Crippen MR) is 66.7 cm³/mol. The number of nitrogens with zero attached hydrogens (tertiary/aromatic N) is 2. The monoisotopic (exact) mass is 266 g/mol. The van der Waals surface area contributed by atoms with Crippen molar-refractivity contribution >= 4 is 0 Å². The van der Waals surface area contributed by atoms with Gasteiger partial charge in [0.25, 0.3) is 0 Å². The van der Waals surface area contributed by atoms with Crippen LogP contribution in [0.15, 0.2) is 18.2 Å². The molecule has 0 radical (unpaired) electrons. The summed E-state index contributed by atoms with van der Waals surface area (Å²) in [5.41, 5.74) is -0.555. The second-order valence-corrected chi connectivity index (χ2v) is 4.96. The number of ether oxygens (including phenoxy) is 1. The highest BCUT2D eigenvalue weighted by Crippen LogP contribution is 2.27. The minimum atomic E-state index is -1.34. The molecule has 1 saturated heterocycles. The first-order valence-corrected chi connectivity index (χ1v) is 6.15. The molecule has 0 N–H and O–H groups in total. The number of nitriles is 1. The average Bonchev–Trinajstić information content (AvgIpc) is 2.74. The summed E-state index contributed by atoms with van der Waals surface area (Å²) in [6, 6.07) is 6.26. The first kappa shape index (κ1) is 13.9. The third kappa shape index (κ3) is 3.28. The Kier molecular flexibility index (Phi) is 4.13. The molecule has 5 heteroatoms. The quantitative estimate of drug-likeness (QED) is 0.838. The molecule has 0 aromatic heterocycles. The van der Waals surface area contributed by atoms with E-state index < -0.39 is 11.5 Å². The van der Waals surface area contributed by atoms with Crippen LogP contribution in [0.3, 0.4) is 0 Å². The molecule has 1 atom stereocenters. The molecule has 102 valence electrons. The molecular weight excluding hydrogens is 250 g/mol. The fraction of sp³-hybridized carbons (Fsp3) is 0.500. The number of halogens is 2. The third-order valence-electron chi connectivity index (χ3n) is 3.36. The summed E-state index contributed by atoms with van der Waals surface area (Å²) in [7, 11) is 1.48. The average molecular weight is 266 g/mol. The van der Waals surface area contributed by atoms with E-state index in [1.807, 2.05) is 11.0 Å². The van der Waals surface area contributed by atoms with Gasteiger partial charge in [-0.1, -0.05) is 6.07 Å². The lowest BCUT2D eigenvalue weighted by Gasteiger charge is -2.20. The number of benzene rings is 1. The van der Waals surface area contributed by atoms with Crippen LogP contribution in [-0.4, -0.2) is 37.4 Å². The Morgan fingerprint density at radius 3 is 2.95 bits per heavy atom. The summed E-state index contributed by atoms with van der Waals surface area (Å²) < 4.78 is 32.8. The fourth-order valence-corrected chi connectivity index (χ4v) is 2.41. The summed E-state index contributed by atoms with van der Waals surface area (Å²) in [5.74, 6) is -0.415. The lowest BCUT2D eigenvalue weighted by molar-refractivity contribution is 0.0467. The molecule has 1 fully saturated rings. The maximum Gasteiger partial charge on any atom is 0.148 e. The van der Waals surface area contributed by atoms with Crippen molar-refractivity contribution in [2.75, 3.05) is 26.8 Å². The van der Waals surface area contributed by atoms with Gasteiger partial charge < -0.3 is 4.74 Å². The number of rotatable bonds is 4. The standard InChI is InChI=1S/C14H16F2N2O/c1-19-10-14(16)4-5-18(9-14)8-12-3-2-11(7-17)6-13(12)15/h2-3,6H,4-5,8-10H2,1H3. The van der Waals surface area contributed by atoms with E-state index >= 15 is 0 Å². The van der Waals surface area contributed by atoms with E-state index in [0.29, 0.717) is 30.6 Å². The summed E-state index contributed by atoms with van der Waals surface area (Å²) >= 11 is 0. The SMILES string of the molecule is COCC1(F)CCN(Cc2ccc(C#N)cc2F)C1. The molecule has 3 nitrogen and oxygen atoms in total. The lowest BCUT2D eigenvalue weighted by atomic mass is 10.1. The maximum atomic E-state index is 14.2. The lowest BCUT2D eigenvalue weighted by Crippen LogP contribution is -2.33. The van der Waals surface area contributed by atoms with Gasteiger partial charge in [0.1, 0.15) is 11.5 Å². The van der Waals surface area contributed by atoms with Crippen LogP contribution in [0.2, 0.25) is 0 Å². The van der Waals surface area contributed by atoms with E-state index in [9.17, 15) is 8.78 Å². The predicted octanol–water partition coefficient (Wildman–Crippen LogP) is 2.26. The number of likely N-dealkylation sites (tertiary alicyclic amines) is 1. The van der Waals surface area contributed by atoms with Gasteiger partial charge in [0.2, 0.25) is 0 Å². The van der Waals surface area contributed by atoms with Crippen LogP contribution in [0.25, 0.3) is 0 Å². The fourth-order valence-electron chi connectivity index (χ4n) is 2.41. The van der Waals surface area contributed by atoms with Crippen LogP contribution in [0.5, 0.6) is 0 Å². The van der Waals surface area contributed by atoms with Crippen molar-refractivity contribution in [3.8, 4) is 6.07 Å². The summed E-state index contributed by atoms with van der Waals surface area (Å²) in [5, 5.41) is 8.67. The molecule has 19 heavy (non-hydrogen) atoms. The van der Waals surface area contributed by atoms with Crippen molar-refractivity contribution in [2.24, 2.45) is 0 Å². The Morgan fingerprint density at radius 2 is 2.32 bits per heavy atom. The highest BCUT2D eigenvalue weighted by atomic mass is 19.1. The number of hydrogen-bond donors (Lipinski definition) is 0. The van der Waals surface area contributed by atoms with Crippen molar-refractivity contribution in [1.82, 2.24) is 4.90 Å². The van der Waals surface area contributed by atoms with Crippen molar-refractivity contribution in [3.05, 3.63) is 35.1 Å². The zero-order valence-corrected chi connectivity index (χ0v) is 10.8. The molecule has 1 aliphatic heterocycles. The van der Waals surface area contributed by atoms with E-state index in [1.54, 1.807) is 12.1 Å². The Balaban J connectivity index is 2.02. The summed E-state index contributed by atoms with van der Waals surface area (Å²) in [6.45, 7) is 1.26. The molecule has 0 spiro atoms. The van der Waals surface area contributed by atoms with Gasteiger partial charge in [-0.25, -0.2) is 8.78 Å². The minimum absolute atomic E-state index is 0.0688. The molecular formula is C14H16F2N2O. The van der Waals surface area contributed by atoms with E-state index in [1.165, 1.54) is 13.2 Å². The molecule has 0 aliphatic carbocycles. The number of alkyl halides is 1. The normalized spacial score (nSPS) is 23.5. The van der Waals surface area contributed by atoms with Crippen molar-refractivity contribution in [2.45, 2.75) is 18.6 Å². The van der Waals surface area contributed by atoms with E-state index in [2.05, 4.69) is 0 Å². The largest absolute Gasteiger partial charge is 0.381 e. The molecule has 1 unspecified atom stereocenters. The molecule has 1 aliphatic rings. The third-order valence-corrected chi connectivity index (χ3v) is 3.36. The molecule has 1 aromatic rings.